The second kappa shape index (κ2) is 11.5. The zero-order chi connectivity index (χ0) is 28.2. The Hall–Kier alpha value is -3.87. The molecule has 1 fully saturated rings. The Bertz CT molecular complexity index is 1300. The molecular formula is C26H26F5N5O3. The highest BCUT2D eigenvalue weighted by Gasteiger charge is 2.37. The zero-order valence-corrected chi connectivity index (χ0v) is 20.7. The molecule has 1 aliphatic heterocycles. The quantitative estimate of drug-likeness (QED) is 0.285. The maximum Gasteiger partial charge on any atom is 0.417 e. The number of amides is 1. The van der Waals surface area contributed by atoms with Gasteiger partial charge in [-0.3, -0.25) is 19.4 Å². The van der Waals surface area contributed by atoms with E-state index in [0.717, 1.165) is 15.6 Å². The number of alkyl halides is 5. The van der Waals surface area contributed by atoms with E-state index in [1.807, 2.05) is 0 Å². The molecule has 4 rings (SSSR count). The van der Waals surface area contributed by atoms with Crippen molar-refractivity contribution in [3.8, 4) is 17.1 Å². The molecule has 1 atom stereocenters. The van der Waals surface area contributed by atoms with Gasteiger partial charge in [-0.2, -0.15) is 13.2 Å². The van der Waals surface area contributed by atoms with Crippen LogP contribution < -0.4 is 4.90 Å². The van der Waals surface area contributed by atoms with E-state index in [1.165, 1.54) is 41.4 Å². The van der Waals surface area contributed by atoms with Crippen LogP contribution in [0, 0.1) is 0 Å². The van der Waals surface area contributed by atoms with Gasteiger partial charge >= 0.3 is 12.1 Å². The molecule has 3 heterocycles. The van der Waals surface area contributed by atoms with Gasteiger partial charge in [0, 0.05) is 36.8 Å². The fraction of sp³-hybridized carbons (Fsp3) is 0.385. The minimum absolute atomic E-state index is 0.0202. The molecule has 0 saturated carbocycles. The molecule has 0 radical (unpaired) electrons. The van der Waals surface area contributed by atoms with Gasteiger partial charge < -0.3 is 5.11 Å². The van der Waals surface area contributed by atoms with Crippen LogP contribution in [-0.2, 0) is 15.8 Å². The van der Waals surface area contributed by atoms with Crippen LogP contribution in [0.3, 0.4) is 0 Å². The van der Waals surface area contributed by atoms with E-state index in [-0.39, 0.29) is 48.7 Å². The second-order valence-electron chi connectivity index (χ2n) is 9.32. The van der Waals surface area contributed by atoms with Gasteiger partial charge in [-0.1, -0.05) is 24.3 Å². The number of carboxylic acid groups (broad SMARTS) is 1. The highest BCUT2D eigenvalue weighted by molar-refractivity contribution is 5.80. The standard InChI is InChI=1S/C26H26F5N5O3/c27-25(28)10-5-12-34(16-25)13-9-18(14-24(38)39)35(17-37)23-15-21(36(33-23)22-8-3-4-11-32-22)19-6-1-2-7-20(19)26(29,30)31/h1-4,6-8,11,15,17-18H,5,9-10,12-14,16H2,(H,38,39)/t18-/m0/s1. The van der Waals surface area contributed by atoms with E-state index in [1.54, 1.807) is 12.1 Å². The van der Waals surface area contributed by atoms with Crippen molar-refractivity contribution < 1.29 is 36.6 Å². The smallest absolute Gasteiger partial charge is 0.417 e. The number of likely N-dealkylation sites (tertiary alicyclic amines) is 1. The van der Waals surface area contributed by atoms with Gasteiger partial charge in [0.15, 0.2) is 11.6 Å². The number of aliphatic carboxylic acids is 1. The molecule has 1 amide bonds. The summed E-state index contributed by atoms with van der Waals surface area (Å²) in [5.74, 6) is -4.01. The largest absolute Gasteiger partial charge is 0.481 e. The Kier molecular flexibility index (Phi) is 8.28. The first-order chi connectivity index (χ1) is 18.5. The topological polar surface area (TPSA) is 91.6 Å². The summed E-state index contributed by atoms with van der Waals surface area (Å²) in [5.41, 5.74) is -1.17. The van der Waals surface area contributed by atoms with Gasteiger partial charge in [0.1, 0.15) is 0 Å². The number of anilines is 1. The summed E-state index contributed by atoms with van der Waals surface area (Å²) in [6.07, 6.45) is -3.35. The van der Waals surface area contributed by atoms with Crippen molar-refractivity contribution in [2.24, 2.45) is 0 Å². The molecule has 2 aromatic heterocycles. The zero-order valence-electron chi connectivity index (χ0n) is 20.7. The number of pyridine rings is 1. The number of carbonyl (C=O) groups is 2. The van der Waals surface area contributed by atoms with Gasteiger partial charge in [0.25, 0.3) is 5.92 Å². The van der Waals surface area contributed by atoms with Crippen molar-refractivity contribution >= 4 is 18.2 Å². The average Bonchev–Trinajstić information content (AvgIpc) is 3.32. The maximum atomic E-state index is 13.9. The lowest BCUT2D eigenvalue weighted by Gasteiger charge is -2.34. The first kappa shape index (κ1) is 28.1. The van der Waals surface area contributed by atoms with Crippen molar-refractivity contribution in [3.05, 3.63) is 60.3 Å². The normalized spacial score (nSPS) is 16.5. The third-order valence-corrected chi connectivity index (χ3v) is 6.50. The molecule has 1 aliphatic rings. The number of carbonyl (C=O) groups excluding carboxylic acids is 1. The molecular weight excluding hydrogens is 525 g/mol. The molecule has 0 spiro atoms. The molecule has 3 aromatic rings. The molecule has 1 saturated heterocycles. The van der Waals surface area contributed by atoms with Crippen LogP contribution in [0.1, 0.15) is 31.2 Å². The molecule has 0 bridgehead atoms. The first-order valence-electron chi connectivity index (χ1n) is 12.2. The number of hydrogen-bond donors (Lipinski definition) is 1. The summed E-state index contributed by atoms with van der Waals surface area (Å²) in [6, 6.07) is 9.88. The number of piperidine rings is 1. The minimum atomic E-state index is -4.69. The summed E-state index contributed by atoms with van der Waals surface area (Å²) in [4.78, 5) is 30.6. The molecule has 0 unspecified atom stereocenters. The van der Waals surface area contributed by atoms with Crippen LogP contribution in [0.15, 0.2) is 54.7 Å². The Morgan fingerprint density at radius 3 is 2.56 bits per heavy atom. The van der Waals surface area contributed by atoms with Crippen LogP contribution in [0.4, 0.5) is 27.8 Å². The lowest BCUT2D eigenvalue weighted by atomic mass is 10.0. The minimum Gasteiger partial charge on any atom is -0.481 e. The summed E-state index contributed by atoms with van der Waals surface area (Å²) in [6.45, 7) is 0.0340. The lowest BCUT2D eigenvalue weighted by molar-refractivity contribution is -0.138. The number of carboxylic acids is 1. The average molecular weight is 552 g/mol. The van der Waals surface area contributed by atoms with E-state index in [2.05, 4.69) is 10.1 Å². The fourth-order valence-electron chi connectivity index (χ4n) is 4.73. The number of halogens is 5. The molecule has 8 nitrogen and oxygen atoms in total. The predicted molar refractivity (Wildman–Crippen MR) is 132 cm³/mol. The molecule has 1 N–H and O–H groups in total. The van der Waals surface area contributed by atoms with Gasteiger partial charge in [-0.15, -0.1) is 5.10 Å². The van der Waals surface area contributed by atoms with Crippen LogP contribution >= 0.6 is 0 Å². The van der Waals surface area contributed by atoms with Gasteiger partial charge in [0.2, 0.25) is 6.41 Å². The molecule has 0 aliphatic carbocycles. The second-order valence-corrected chi connectivity index (χ2v) is 9.32. The van der Waals surface area contributed by atoms with Crippen LogP contribution in [-0.4, -0.2) is 68.7 Å². The number of hydrogen-bond acceptors (Lipinski definition) is 5. The van der Waals surface area contributed by atoms with E-state index >= 15 is 0 Å². The summed E-state index contributed by atoms with van der Waals surface area (Å²) in [7, 11) is 0. The van der Waals surface area contributed by atoms with E-state index in [4.69, 9.17) is 0 Å². The summed E-state index contributed by atoms with van der Waals surface area (Å²) < 4.78 is 70.5. The fourth-order valence-corrected chi connectivity index (χ4v) is 4.73. The van der Waals surface area contributed by atoms with E-state index < -0.39 is 42.6 Å². The number of benzene rings is 1. The first-order valence-corrected chi connectivity index (χ1v) is 12.2. The van der Waals surface area contributed by atoms with Crippen molar-refractivity contribution in [1.82, 2.24) is 19.7 Å². The Labute approximate surface area is 220 Å². The van der Waals surface area contributed by atoms with Crippen molar-refractivity contribution in [3.63, 3.8) is 0 Å². The highest BCUT2D eigenvalue weighted by Crippen LogP contribution is 2.39. The third kappa shape index (κ3) is 6.77. The Balaban J connectivity index is 1.74. The van der Waals surface area contributed by atoms with Crippen molar-refractivity contribution in [2.45, 2.75) is 43.8 Å². The Morgan fingerprint density at radius 1 is 1.18 bits per heavy atom. The summed E-state index contributed by atoms with van der Waals surface area (Å²) in [5, 5.41) is 13.9. The van der Waals surface area contributed by atoms with Crippen LogP contribution in [0.5, 0.6) is 0 Å². The highest BCUT2D eigenvalue weighted by atomic mass is 19.4. The molecule has 1 aromatic carbocycles. The van der Waals surface area contributed by atoms with Crippen LogP contribution in [0.2, 0.25) is 0 Å². The Morgan fingerprint density at radius 2 is 1.92 bits per heavy atom. The van der Waals surface area contributed by atoms with Gasteiger partial charge in [0.05, 0.1) is 24.2 Å². The van der Waals surface area contributed by atoms with Crippen LogP contribution in [0.25, 0.3) is 17.1 Å². The number of nitrogens with zero attached hydrogens (tertiary/aromatic N) is 5. The third-order valence-electron chi connectivity index (χ3n) is 6.50. The van der Waals surface area contributed by atoms with E-state index in [9.17, 15) is 36.6 Å². The summed E-state index contributed by atoms with van der Waals surface area (Å²) >= 11 is 0. The molecule has 39 heavy (non-hydrogen) atoms. The van der Waals surface area contributed by atoms with Crippen molar-refractivity contribution in [1.29, 1.82) is 0 Å². The predicted octanol–water partition coefficient (Wildman–Crippen LogP) is 4.88. The molecule has 208 valence electrons. The maximum absolute atomic E-state index is 13.9. The van der Waals surface area contributed by atoms with Gasteiger partial charge in [-0.25, -0.2) is 18.4 Å². The number of rotatable bonds is 10. The van der Waals surface area contributed by atoms with Gasteiger partial charge in [-0.05, 0) is 37.6 Å². The monoisotopic (exact) mass is 551 g/mol. The lowest BCUT2D eigenvalue weighted by Crippen LogP contribution is -2.45. The molecule has 13 heteroatoms. The van der Waals surface area contributed by atoms with E-state index in [0.29, 0.717) is 13.0 Å². The number of aromatic nitrogens is 3. The SMILES string of the molecule is O=CN(c1cc(-c2ccccc2C(F)(F)F)n(-c2ccccn2)n1)[C@@H](CCN1CCCC(F)(F)C1)CC(=O)O. The van der Waals surface area contributed by atoms with Crippen molar-refractivity contribution in [2.75, 3.05) is 24.5 Å².